The summed E-state index contributed by atoms with van der Waals surface area (Å²) in [6, 6.07) is 5.23. The predicted octanol–water partition coefficient (Wildman–Crippen LogP) is 2.83. The van der Waals surface area contributed by atoms with Crippen molar-refractivity contribution in [2.24, 2.45) is 0 Å². The molecule has 0 aromatic heterocycles. The van der Waals surface area contributed by atoms with Gasteiger partial charge in [-0.2, -0.15) is 0 Å². The lowest BCUT2D eigenvalue weighted by atomic mass is 10.0. The highest BCUT2D eigenvalue weighted by molar-refractivity contribution is 6.30. The van der Waals surface area contributed by atoms with Crippen molar-refractivity contribution in [3.63, 3.8) is 0 Å². The second-order valence-corrected chi connectivity index (χ2v) is 4.92. The number of benzene rings is 1. The Morgan fingerprint density at radius 2 is 2.24 bits per heavy atom. The van der Waals surface area contributed by atoms with Crippen molar-refractivity contribution in [3.8, 4) is 0 Å². The number of aliphatic hydroxyl groups is 1. The monoisotopic (exact) mass is 257 g/mol. The van der Waals surface area contributed by atoms with Crippen molar-refractivity contribution in [3.05, 3.63) is 34.6 Å². The van der Waals surface area contributed by atoms with Gasteiger partial charge < -0.3 is 5.11 Å². The highest BCUT2D eigenvalue weighted by atomic mass is 35.5. The zero-order valence-corrected chi connectivity index (χ0v) is 10.5. The standard InChI is InChI=1S/C13H17ClFNO/c14-12-6-3-4-10(13(12)15)8-16-7-2-1-5-11(16)9-17/h3-4,6,11,17H,1-2,5,7-9H2. The fraction of sp³-hybridized carbons (Fsp3) is 0.538. The van der Waals surface area contributed by atoms with E-state index in [-0.39, 0.29) is 23.5 Å². The summed E-state index contributed by atoms with van der Waals surface area (Å²) in [5, 5.41) is 9.47. The van der Waals surface area contributed by atoms with E-state index in [1.807, 2.05) is 0 Å². The smallest absolute Gasteiger partial charge is 0.146 e. The molecule has 94 valence electrons. The van der Waals surface area contributed by atoms with E-state index in [4.69, 9.17) is 11.6 Å². The highest BCUT2D eigenvalue weighted by Crippen LogP contribution is 2.23. The molecule has 1 N–H and O–H groups in total. The van der Waals surface area contributed by atoms with Crippen molar-refractivity contribution < 1.29 is 9.50 Å². The quantitative estimate of drug-likeness (QED) is 0.900. The van der Waals surface area contributed by atoms with E-state index in [1.54, 1.807) is 18.2 Å². The molecule has 17 heavy (non-hydrogen) atoms. The molecule has 2 nitrogen and oxygen atoms in total. The first kappa shape index (κ1) is 12.8. The van der Waals surface area contributed by atoms with Crippen LogP contribution in [-0.4, -0.2) is 29.2 Å². The van der Waals surface area contributed by atoms with Crippen LogP contribution in [0.1, 0.15) is 24.8 Å². The second kappa shape index (κ2) is 5.80. The predicted molar refractivity (Wildman–Crippen MR) is 66.5 cm³/mol. The van der Waals surface area contributed by atoms with Crippen LogP contribution in [0, 0.1) is 5.82 Å². The molecule has 0 amide bonds. The van der Waals surface area contributed by atoms with Crippen LogP contribution in [0.3, 0.4) is 0 Å². The van der Waals surface area contributed by atoms with Gasteiger partial charge in [0.1, 0.15) is 5.82 Å². The molecule has 0 saturated carbocycles. The van der Waals surface area contributed by atoms with E-state index >= 15 is 0 Å². The van der Waals surface area contributed by atoms with Crippen molar-refractivity contribution in [2.75, 3.05) is 13.2 Å². The lowest BCUT2D eigenvalue weighted by Gasteiger charge is -2.34. The van der Waals surface area contributed by atoms with Crippen molar-refractivity contribution in [1.29, 1.82) is 0 Å². The first-order valence-electron chi connectivity index (χ1n) is 6.00. The van der Waals surface area contributed by atoms with E-state index in [1.165, 1.54) is 0 Å². The third-order valence-corrected chi connectivity index (χ3v) is 3.66. The molecule has 1 heterocycles. The minimum absolute atomic E-state index is 0.141. The second-order valence-electron chi connectivity index (χ2n) is 4.52. The van der Waals surface area contributed by atoms with Crippen molar-refractivity contribution in [1.82, 2.24) is 4.90 Å². The van der Waals surface area contributed by atoms with Gasteiger partial charge in [0.25, 0.3) is 0 Å². The summed E-state index contributed by atoms with van der Waals surface area (Å²) in [7, 11) is 0. The molecule has 0 bridgehead atoms. The minimum atomic E-state index is -0.337. The third kappa shape index (κ3) is 2.97. The molecule has 2 rings (SSSR count). The van der Waals surface area contributed by atoms with Crippen molar-refractivity contribution in [2.45, 2.75) is 31.8 Å². The average molecular weight is 258 g/mol. The van der Waals surface area contributed by atoms with Gasteiger partial charge >= 0.3 is 0 Å². The Labute approximate surface area is 106 Å². The van der Waals surface area contributed by atoms with Gasteiger partial charge in [-0.3, -0.25) is 4.90 Å². The van der Waals surface area contributed by atoms with Crippen LogP contribution in [0.25, 0.3) is 0 Å². The Morgan fingerprint density at radius 3 is 3.00 bits per heavy atom. The molecule has 1 aliphatic rings. The third-order valence-electron chi connectivity index (χ3n) is 3.36. The van der Waals surface area contributed by atoms with E-state index in [0.29, 0.717) is 12.1 Å². The summed E-state index contributed by atoms with van der Waals surface area (Å²) < 4.78 is 13.8. The Balaban J connectivity index is 2.11. The fourth-order valence-corrected chi connectivity index (χ4v) is 2.56. The van der Waals surface area contributed by atoms with Crippen LogP contribution in [0.5, 0.6) is 0 Å². The number of nitrogens with zero attached hydrogens (tertiary/aromatic N) is 1. The van der Waals surface area contributed by atoms with E-state index in [0.717, 1.165) is 25.8 Å². The average Bonchev–Trinajstić information content (AvgIpc) is 2.35. The number of hydrogen-bond acceptors (Lipinski definition) is 2. The van der Waals surface area contributed by atoms with Crippen LogP contribution in [0.2, 0.25) is 5.02 Å². The Hall–Kier alpha value is -0.640. The molecule has 1 unspecified atom stereocenters. The minimum Gasteiger partial charge on any atom is -0.395 e. The molecule has 1 aromatic rings. The Kier molecular flexibility index (Phi) is 4.37. The molecular weight excluding hydrogens is 241 g/mol. The van der Waals surface area contributed by atoms with Gasteiger partial charge in [0.15, 0.2) is 0 Å². The van der Waals surface area contributed by atoms with Crippen LogP contribution < -0.4 is 0 Å². The van der Waals surface area contributed by atoms with Gasteiger partial charge in [0, 0.05) is 18.2 Å². The summed E-state index contributed by atoms with van der Waals surface area (Å²) in [6.45, 7) is 1.58. The number of hydrogen-bond donors (Lipinski definition) is 1. The zero-order valence-electron chi connectivity index (χ0n) is 9.70. The van der Waals surface area contributed by atoms with Crippen LogP contribution in [0.4, 0.5) is 4.39 Å². The first-order chi connectivity index (χ1) is 8.22. The Bertz CT molecular complexity index is 386. The molecule has 4 heteroatoms. The fourth-order valence-electron chi connectivity index (χ4n) is 2.36. The number of rotatable bonds is 3. The number of likely N-dealkylation sites (tertiary alicyclic amines) is 1. The van der Waals surface area contributed by atoms with Gasteiger partial charge in [0.2, 0.25) is 0 Å². The summed E-state index contributed by atoms with van der Waals surface area (Å²) in [6.07, 6.45) is 3.23. The summed E-state index contributed by atoms with van der Waals surface area (Å²) in [5.41, 5.74) is 0.609. The summed E-state index contributed by atoms with van der Waals surface area (Å²) in [5.74, 6) is -0.337. The lowest BCUT2D eigenvalue weighted by Crippen LogP contribution is -2.41. The largest absolute Gasteiger partial charge is 0.395 e. The molecule has 0 spiro atoms. The van der Waals surface area contributed by atoms with E-state index in [9.17, 15) is 9.50 Å². The maximum absolute atomic E-state index is 13.8. The summed E-state index contributed by atoms with van der Waals surface area (Å²) >= 11 is 5.76. The molecule has 1 atom stereocenters. The van der Waals surface area contributed by atoms with Crippen LogP contribution in [0.15, 0.2) is 18.2 Å². The maximum Gasteiger partial charge on any atom is 0.146 e. The molecule has 0 radical (unpaired) electrons. The first-order valence-corrected chi connectivity index (χ1v) is 6.38. The number of halogens is 2. The summed E-state index contributed by atoms with van der Waals surface area (Å²) in [4.78, 5) is 2.14. The number of aliphatic hydroxyl groups excluding tert-OH is 1. The van der Waals surface area contributed by atoms with E-state index in [2.05, 4.69) is 4.90 Å². The molecule has 1 aliphatic heterocycles. The highest BCUT2D eigenvalue weighted by Gasteiger charge is 2.22. The Morgan fingerprint density at radius 1 is 1.41 bits per heavy atom. The van der Waals surface area contributed by atoms with Gasteiger partial charge in [-0.15, -0.1) is 0 Å². The molecule has 0 aliphatic carbocycles. The molecule has 1 saturated heterocycles. The van der Waals surface area contributed by atoms with Crippen molar-refractivity contribution >= 4 is 11.6 Å². The van der Waals surface area contributed by atoms with Gasteiger partial charge in [-0.25, -0.2) is 4.39 Å². The van der Waals surface area contributed by atoms with Crippen LogP contribution >= 0.6 is 11.6 Å². The topological polar surface area (TPSA) is 23.5 Å². The number of piperidine rings is 1. The van der Waals surface area contributed by atoms with Crippen LogP contribution in [-0.2, 0) is 6.54 Å². The molecule has 1 fully saturated rings. The zero-order chi connectivity index (χ0) is 12.3. The van der Waals surface area contributed by atoms with Gasteiger partial charge in [0.05, 0.1) is 11.6 Å². The van der Waals surface area contributed by atoms with Gasteiger partial charge in [-0.05, 0) is 25.5 Å². The SMILES string of the molecule is OCC1CCCCN1Cc1cccc(Cl)c1F. The van der Waals surface area contributed by atoms with E-state index < -0.39 is 0 Å². The maximum atomic E-state index is 13.8. The van der Waals surface area contributed by atoms with Gasteiger partial charge in [-0.1, -0.05) is 30.2 Å². The molecule has 1 aromatic carbocycles. The normalized spacial score (nSPS) is 21.7. The lowest BCUT2D eigenvalue weighted by molar-refractivity contribution is 0.0832. The molecular formula is C13H17ClFNO.